The second kappa shape index (κ2) is 10.2. The van der Waals surface area contributed by atoms with Crippen molar-refractivity contribution >= 4 is 17.8 Å². The molecule has 0 bridgehead atoms. The molecular weight excluding hydrogens is 394 g/mol. The average molecular weight is 417 g/mol. The Kier molecular flexibility index (Phi) is 7.17. The van der Waals surface area contributed by atoms with Gasteiger partial charge in [-0.3, -0.25) is 9.59 Å². The first-order valence-electron chi connectivity index (χ1n) is 9.83. The Balaban J connectivity index is 1.58. The van der Waals surface area contributed by atoms with Crippen LogP contribution in [0.4, 0.5) is 0 Å². The predicted molar refractivity (Wildman–Crippen MR) is 116 cm³/mol. The number of ether oxygens (including phenoxy) is 2. The number of esters is 2. The van der Waals surface area contributed by atoms with Crippen molar-refractivity contribution in [1.82, 2.24) is 5.32 Å². The molecule has 3 aromatic carbocycles. The molecule has 3 aromatic rings. The third-order valence-corrected chi connectivity index (χ3v) is 4.56. The number of rotatable bonds is 7. The fourth-order valence-electron chi connectivity index (χ4n) is 3.03. The summed E-state index contributed by atoms with van der Waals surface area (Å²) in [6, 6.07) is 23.2. The number of hydrogen-bond acceptors (Lipinski definition) is 5. The summed E-state index contributed by atoms with van der Waals surface area (Å²) in [5, 5.41) is 2.81. The van der Waals surface area contributed by atoms with Gasteiger partial charge < -0.3 is 14.8 Å². The van der Waals surface area contributed by atoms with Crippen molar-refractivity contribution in [2.75, 3.05) is 6.61 Å². The molecule has 6 heteroatoms. The van der Waals surface area contributed by atoms with Crippen molar-refractivity contribution in [3.63, 3.8) is 0 Å². The highest BCUT2D eigenvalue weighted by Gasteiger charge is 2.14. The lowest BCUT2D eigenvalue weighted by Crippen LogP contribution is -2.31. The van der Waals surface area contributed by atoms with Crippen LogP contribution < -0.4 is 10.1 Å². The molecule has 0 fully saturated rings. The third-order valence-electron chi connectivity index (χ3n) is 4.56. The van der Waals surface area contributed by atoms with Gasteiger partial charge in [-0.2, -0.15) is 0 Å². The van der Waals surface area contributed by atoms with Crippen LogP contribution in [0.5, 0.6) is 5.75 Å². The molecule has 6 nitrogen and oxygen atoms in total. The monoisotopic (exact) mass is 417 g/mol. The molecule has 0 saturated heterocycles. The van der Waals surface area contributed by atoms with Gasteiger partial charge in [0.15, 0.2) is 6.61 Å². The van der Waals surface area contributed by atoms with Crippen LogP contribution in [0.15, 0.2) is 78.9 Å². The Labute approximate surface area is 180 Å². The van der Waals surface area contributed by atoms with Gasteiger partial charge in [0.05, 0.1) is 11.6 Å². The molecule has 0 unspecified atom stereocenters. The maximum absolute atomic E-state index is 12.4. The lowest BCUT2D eigenvalue weighted by atomic mass is 10.0. The van der Waals surface area contributed by atoms with Crippen molar-refractivity contribution in [1.29, 1.82) is 0 Å². The Bertz CT molecular complexity index is 1060. The molecule has 1 atom stereocenters. The normalized spacial score (nSPS) is 11.3. The van der Waals surface area contributed by atoms with Gasteiger partial charge in [0.1, 0.15) is 5.75 Å². The quantitative estimate of drug-likeness (QED) is 0.458. The first kappa shape index (κ1) is 21.8. The fraction of sp³-hybridized carbons (Fsp3) is 0.160. The van der Waals surface area contributed by atoms with Gasteiger partial charge in [0.25, 0.3) is 5.91 Å². The molecule has 0 aliphatic heterocycles. The van der Waals surface area contributed by atoms with E-state index in [1.165, 1.54) is 6.92 Å². The van der Waals surface area contributed by atoms with Crippen LogP contribution in [0.2, 0.25) is 0 Å². The van der Waals surface area contributed by atoms with E-state index in [1.807, 2.05) is 43.3 Å². The molecule has 3 rings (SSSR count). The van der Waals surface area contributed by atoms with Crippen LogP contribution >= 0.6 is 0 Å². The second-order valence-electron chi connectivity index (χ2n) is 6.97. The van der Waals surface area contributed by atoms with E-state index in [2.05, 4.69) is 5.32 Å². The highest BCUT2D eigenvalue weighted by molar-refractivity contribution is 5.92. The molecule has 0 radical (unpaired) electrons. The average Bonchev–Trinajstić information content (AvgIpc) is 2.78. The zero-order chi connectivity index (χ0) is 22.2. The summed E-state index contributed by atoms with van der Waals surface area (Å²) in [6.07, 6.45) is 0. The molecule has 0 aliphatic rings. The van der Waals surface area contributed by atoms with E-state index in [-0.39, 0.29) is 24.5 Å². The summed E-state index contributed by atoms with van der Waals surface area (Å²) < 4.78 is 10.2. The van der Waals surface area contributed by atoms with E-state index in [0.29, 0.717) is 11.3 Å². The summed E-state index contributed by atoms with van der Waals surface area (Å²) in [5.74, 6) is -0.898. The number of carbonyl (C=O) groups is 3. The van der Waals surface area contributed by atoms with Gasteiger partial charge in [0, 0.05) is 6.92 Å². The summed E-state index contributed by atoms with van der Waals surface area (Å²) in [7, 11) is 0. The third kappa shape index (κ3) is 6.27. The zero-order valence-corrected chi connectivity index (χ0v) is 17.3. The van der Waals surface area contributed by atoms with Crippen molar-refractivity contribution in [3.8, 4) is 16.9 Å². The minimum Gasteiger partial charge on any atom is -0.452 e. The lowest BCUT2D eigenvalue weighted by molar-refractivity contribution is -0.131. The second-order valence-corrected chi connectivity index (χ2v) is 6.97. The molecule has 0 aliphatic carbocycles. The van der Waals surface area contributed by atoms with E-state index in [1.54, 1.807) is 42.5 Å². The van der Waals surface area contributed by atoms with Crippen molar-refractivity contribution in [2.45, 2.75) is 19.9 Å². The molecule has 1 amide bonds. The van der Waals surface area contributed by atoms with Gasteiger partial charge in [-0.15, -0.1) is 0 Å². The van der Waals surface area contributed by atoms with Crippen molar-refractivity contribution in [3.05, 3.63) is 90.0 Å². The van der Waals surface area contributed by atoms with Crippen molar-refractivity contribution < 1.29 is 23.9 Å². The SMILES string of the molecule is CC(=O)Oc1ccc(-c2cccc(C(=O)OCC(=O)N[C@@H](C)c3ccccc3)c2)cc1. The van der Waals surface area contributed by atoms with Crippen LogP contribution in [-0.4, -0.2) is 24.5 Å². The van der Waals surface area contributed by atoms with Gasteiger partial charge in [-0.1, -0.05) is 54.6 Å². The number of carbonyl (C=O) groups excluding carboxylic acids is 3. The maximum atomic E-state index is 12.4. The van der Waals surface area contributed by atoms with E-state index in [4.69, 9.17) is 9.47 Å². The minimum atomic E-state index is -0.583. The molecule has 158 valence electrons. The lowest BCUT2D eigenvalue weighted by Gasteiger charge is -2.14. The van der Waals surface area contributed by atoms with Crippen LogP contribution in [0, 0.1) is 0 Å². The first-order valence-corrected chi connectivity index (χ1v) is 9.83. The molecule has 0 saturated carbocycles. The summed E-state index contributed by atoms with van der Waals surface area (Å²) in [5.41, 5.74) is 2.95. The molecule has 1 N–H and O–H groups in total. The van der Waals surface area contributed by atoms with Crippen LogP contribution in [0.25, 0.3) is 11.1 Å². The Hall–Kier alpha value is -3.93. The van der Waals surface area contributed by atoms with Crippen LogP contribution in [0.3, 0.4) is 0 Å². The molecular formula is C25H23NO5. The maximum Gasteiger partial charge on any atom is 0.338 e. The number of amides is 1. The fourth-order valence-corrected chi connectivity index (χ4v) is 3.03. The van der Waals surface area contributed by atoms with Gasteiger partial charge in [-0.25, -0.2) is 4.79 Å². The summed E-state index contributed by atoms with van der Waals surface area (Å²) in [6.45, 7) is 2.84. The smallest absolute Gasteiger partial charge is 0.338 e. The zero-order valence-electron chi connectivity index (χ0n) is 17.3. The van der Waals surface area contributed by atoms with E-state index in [9.17, 15) is 14.4 Å². The van der Waals surface area contributed by atoms with Crippen molar-refractivity contribution in [2.24, 2.45) is 0 Å². The van der Waals surface area contributed by atoms with Gasteiger partial charge >= 0.3 is 11.9 Å². The Morgan fingerprint density at radius 3 is 2.26 bits per heavy atom. The molecule has 0 spiro atoms. The Morgan fingerprint density at radius 1 is 0.871 bits per heavy atom. The van der Waals surface area contributed by atoms with Gasteiger partial charge in [-0.05, 0) is 47.9 Å². The minimum absolute atomic E-state index is 0.189. The standard InChI is InChI=1S/C25H23NO5/c1-17(19-7-4-3-5-8-19)26-24(28)16-30-25(29)22-10-6-9-21(15-22)20-11-13-23(14-12-20)31-18(2)27/h3-15,17H,16H2,1-2H3,(H,26,28)/t17-/m0/s1. The highest BCUT2D eigenvalue weighted by Crippen LogP contribution is 2.23. The summed E-state index contributed by atoms with van der Waals surface area (Å²) >= 11 is 0. The van der Waals surface area contributed by atoms with E-state index >= 15 is 0 Å². The molecule has 0 aromatic heterocycles. The highest BCUT2D eigenvalue weighted by atomic mass is 16.5. The summed E-state index contributed by atoms with van der Waals surface area (Å²) in [4.78, 5) is 35.6. The van der Waals surface area contributed by atoms with E-state index < -0.39 is 5.97 Å². The van der Waals surface area contributed by atoms with E-state index in [0.717, 1.165) is 16.7 Å². The Morgan fingerprint density at radius 2 is 1.58 bits per heavy atom. The number of nitrogens with one attached hydrogen (secondary N) is 1. The number of benzene rings is 3. The topological polar surface area (TPSA) is 81.7 Å². The molecule has 31 heavy (non-hydrogen) atoms. The largest absolute Gasteiger partial charge is 0.452 e. The first-order chi connectivity index (χ1) is 14.9. The van der Waals surface area contributed by atoms with Gasteiger partial charge in [0.2, 0.25) is 0 Å². The molecule has 0 heterocycles. The number of hydrogen-bond donors (Lipinski definition) is 1. The van der Waals surface area contributed by atoms with Crippen LogP contribution in [0.1, 0.15) is 35.8 Å². The van der Waals surface area contributed by atoms with Crippen LogP contribution in [-0.2, 0) is 14.3 Å². The predicted octanol–water partition coefficient (Wildman–Crippen LogP) is 4.31.